The van der Waals surface area contributed by atoms with Crippen LogP contribution in [0.25, 0.3) is 0 Å². The number of sulfonamides is 1. The quantitative estimate of drug-likeness (QED) is 0.851. The lowest BCUT2D eigenvalue weighted by Gasteiger charge is -2.15. The standard InChI is InChI=1S/C15H16BrNO3S/c1-11(13-3-2-4-14(16)9-13)17-21(19,20)15-7-5-12(10-18)6-8-15/h2-9,11,17-18H,10H2,1H3. The van der Waals surface area contributed by atoms with Gasteiger partial charge in [-0.25, -0.2) is 13.1 Å². The van der Waals surface area contributed by atoms with Crippen molar-refractivity contribution in [1.29, 1.82) is 0 Å². The highest BCUT2D eigenvalue weighted by Crippen LogP contribution is 2.20. The van der Waals surface area contributed by atoms with E-state index < -0.39 is 10.0 Å². The summed E-state index contributed by atoms with van der Waals surface area (Å²) in [5.74, 6) is 0. The second-order valence-electron chi connectivity index (χ2n) is 4.70. The van der Waals surface area contributed by atoms with Gasteiger partial charge in [-0.3, -0.25) is 0 Å². The van der Waals surface area contributed by atoms with Crippen LogP contribution in [0.5, 0.6) is 0 Å². The number of hydrogen-bond acceptors (Lipinski definition) is 3. The Hall–Kier alpha value is -1.21. The van der Waals surface area contributed by atoms with Gasteiger partial charge >= 0.3 is 0 Å². The Balaban J connectivity index is 2.20. The van der Waals surface area contributed by atoms with Gasteiger partial charge in [-0.05, 0) is 42.3 Å². The van der Waals surface area contributed by atoms with Crippen LogP contribution in [0.2, 0.25) is 0 Å². The molecule has 0 saturated carbocycles. The maximum absolute atomic E-state index is 12.3. The molecule has 0 bridgehead atoms. The van der Waals surface area contributed by atoms with Crippen molar-refractivity contribution in [1.82, 2.24) is 4.72 Å². The number of benzene rings is 2. The van der Waals surface area contributed by atoms with Crippen molar-refractivity contribution in [2.24, 2.45) is 0 Å². The van der Waals surface area contributed by atoms with Gasteiger partial charge in [-0.15, -0.1) is 0 Å². The third-order valence-electron chi connectivity index (χ3n) is 3.10. The van der Waals surface area contributed by atoms with E-state index in [1.54, 1.807) is 19.1 Å². The summed E-state index contributed by atoms with van der Waals surface area (Å²) in [6.07, 6.45) is 0. The number of nitrogens with one attached hydrogen (secondary N) is 1. The molecule has 21 heavy (non-hydrogen) atoms. The zero-order valence-electron chi connectivity index (χ0n) is 11.5. The van der Waals surface area contributed by atoms with E-state index in [1.165, 1.54) is 12.1 Å². The normalized spacial score (nSPS) is 13.1. The molecule has 0 saturated heterocycles. The van der Waals surface area contributed by atoms with Crippen LogP contribution >= 0.6 is 15.9 Å². The molecular formula is C15H16BrNO3S. The van der Waals surface area contributed by atoms with Gasteiger partial charge in [0.1, 0.15) is 0 Å². The fourth-order valence-electron chi connectivity index (χ4n) is 1.92. The Morgan fingerprint density at radius 1 is 1.19 bits per heavy atom. The smallest absolute Gasteiger partial charge is 0.241 e. The molecule has 0 aliphatic heterocycles. The highest BCUT2D eigenvalue weighted by Gasteiger charge is 2.18. The van der Waals surface area contributed by atoms with Crippen LogP contribution in [0.1, 0.15) is 24.1 Å². The zero-order chi connectivity index (χ0) is 15.5. The van der Waals surface area contributed by atoms with Crippen molar-refractivity contribution < 1.29 is 13.5 Å². The maximum atomic E-state index is 12.3. The molecule has 0 radical (unpaired) electrons. The third-order valence-corrected chi connectivity index (χ3v) is 5.15. The first-order valence-corrected chi connectivity index (χ1v) is 8.67. The highest BCUT2D eigenvalue weighted by atomic mass is 79.9. The lowest BCUT2D eigenvalue weighted by atomic mass is 10.1. The van der Waals surface area contributed by atoms with Crippen LogP contribution in [0.15, 0.2) is 57.9 Å². The van der Waals surface area contributed by atoms with Crippen LogP contribution in [0, 0.1) is 0 Å². The molecule has 2 N–H and O–H groups in total. The summed E-state index contributed by atoms with van der Waals surface area (Å²) in [6, 6.07) is 13.3. The molecule has 0 aliphatic carbocycles. The molecule has 0 amide bonds. The van der Waals surface area contributed by atoms with Crippen molar-refractivity contribution in [3.05, 3.63) is 64.1 Å². The lowest BCUT2D eigenvalue weighted by molar-refractivity contribution is 0.282. The Kier molecular flexibility index (Phi) is 5.16. The minimum atomic E-state index is -3.59. The SMILES string of the molecule is CC(NS(=O)(=O)c1ccc(CO)cc1)c1cccc(Br)c1. The molecule has 4 nitrogen and oxygen atoms in total. The zero-order valence-corrected chi connectivity index (χ0v) is 13.9. The topological polar surface area (TPSA) is 66.4 Å². The minimum Gasteiger partial charge on any atom is -0.392 e. The first-order valence-electron chi connectivity index (χ1n) is 6.40. The number of halogens is 1. The van der Waals surface area contributed by atoms with Crippen LogP contribution < -0.4 is 4.72 Å². The third kappa shape index (κ3) is 4.14. The van der Waals surface area contributed by atoms with Gasteiger partial charge in [0.2, 0.25) is 10.0 Å². The van der Waals surface area contributed by atoms with Gasteiger partial charge in [-0.2, -0.15) is 0 Å². The van der Waals surface area contributed by atoms with Gasteiger partial charge in [-0.1, -0.05) is 40.2 Å². The van der Waals surface area contributed by atoms with Crippen LogP contribution in [0.3, 0.4) is 0 Å². The van der Waals surface area contributed by atoms with Crippen molar-refractivity contribution >= 4 is 26.0 Å². The first kappa shape index (κ1) is 16.2. The van der Waals surface area contributed by atoms with Crippen LogP contribution in [-0.2, 0) is 16.6 Å². The lowest BCUT2D eigenvalue weighted by Crippen LogP contribution is -2.26. The van der Waals surface area contributed by atoms with Crippen molar-refractivity contribution in [2.75, 3.05) is 0 Å². The molecule has 112 valence electrons. The monoisotopic (exact) mass is 369 g/mol. The molecule has 1 atom stereocenters. The van der Waals surface area contributed by atoms with Gasteiger partial charge in [0, 0.05) is 10.5 Å². The number of aliphatic hydroxyl groups is 1. The molecular weight excluding hydrogens is 354 g/mol. The van der Waals surface area contributed by atoms with Crippen molar-refractivity contribution in [3.63, 3.8) is 0 Å². The van der Waals surface area contributed by atoms with E-state index in [1.807, 2.05) is 24.3 Å². The average molecular weight is 370 g/mol. The maximum Gasteiger partial charge on any atom is 0.241 e. The molecule has 0 spiro atoms. The summed E-state index contributed by atoms with van der Waals surface area (Å²) >= 11 is 3.37. The fraction of sp³-hybridized carbons (Fsp3) is 0.200. The van der Waals surface area contributed by atoms with E-state index >= 15 is 0 Å². The van der Waals surface area contributed by atoms with E-state index in [4.69, 9.17) is 5.11 Å². The molecule has 0 fully saturated rings. The molecule has 0 aromatic heterocycles. The summed E-state index contributed by atoms with van der Waals surface area (Å²) in [6.45, 7) is 1.68. The number of rotatable bonds is 5. The molecule has 2 rings (SSSR count). The Labute approximate surface area is 133 Å². The van der Waals surface area contributed by atoms with E-state index in [0.717, 1.165) is 10.0 Å². The second kappa shape index (κ2) is 6.70. The second-order valence-corrected chi connectivity index (χ2v) is 7.33. The summed E-state index contributed by atoms with van der Waals surface area (Å²) in [5.41, 5.74) is 1.55. The van der Waals surface area contributed by atoms with Crippen molar-refractivity contribution in [2.45, 2.75) is 24.5 Å². The van der Waals surface area contributed by atoms with E-state index in [2.05, 4.69) is 20.7 Å². The van der Waals surface area contributed by atoms with E-state index in [0.29, 0.717) is 5.56 Å². The van der Waals surface area contributed by atoms with E-state index in [-0.39, 0.29) is 17.5 Å². The summed E-state index contributed by atoms with van der Waals surface area (Å²) in [5, 5.41) is 8.98. The van der Waals surface area contributed by atoms with Crippen LogP contribution in [0.4, 0.5) is 0 Å². The summed E-state index contributed by atoms with van der Waals surface area (Å²) < 4.78 is 28.2. The van der Waals surface area contributed by atoms with Crippen LogP contribution in [-0.4, -0.2) is 13.5 Å². The van der Waals surface area contributed by atoms with Gasteiger partial charge in [0.05, 0.1) is 11.5 Å². The Morgan fingerprint density at radius 2 is 1.86 bits per heavy atom. The fourth-order valence-corrected chi connectivity index (χ4v) is 3.57. The first-order chi connectivity index (χ1) is 9.92. The van der Waals surface area contributed by atoms with Gasteiger partial charge < -0.3 is 5.11 Å². The van der Waals surface area contributed by atoms with Gasteiger partial charge in [0.15, 0.2) is 0 Å². The van der Waals surface area contributed by atoms with E-state index in [9.17, 15) is 8.42 Å². The highest BCUT2D eigenvalue weighted by molar-refractivity contribution is 9.10. The van der Waals surface area contributed by atoms with Crippen molar-refractivity contribution in [3.8, 4) is 0 Å². The molecule has 0 aliphatic rings. The predicted molar refractivity (Wildman–Crippen MR) is 85.2 cm³/mol. The van der Waals surface area contributed by atoms with Gasteiger partial charge in [0.25, 0.3) is 0 Å². The number of aliphatic hydroxyl groups excluding tert-OH is 1. The summed E-state index contributed by atoms with van der Waals surface area (Å²) in [7, 11) is -3.59. The Bertz CT molecular complexity index is 714. The average Bonchev–Trinajstić information content (AvgIpc) is 2.47. The summed E-state index contributed by atoms with van der Waals surface area (Å²) in [4.78, 5) is 0.182. The number of hydrogen-bond donors (Lipinski definition) is 2. The minimum absolute atomic E-state index is 0.109. The molecule has 0 heterocycles. The Morgan fingerprint density at radius 3 is 2.43 bits per heavy atom. The molecule has 2 aromatic carbocycles. The largest absolute Gasteiger partial charge is 0.392 e. The molecule has 1 unspecified atom stereocenters. The molecule has 2 aromatic rings. The molecule has 6 heteroatoms. The predicted octanol–water partition coefficient (Wildman–Crippen LogP) is 2.98.